The summed E-state index contributed by atoms with van der Waals surface area (Å²) in [6, 6.07) is 22.8. The number of halogens is 1. The van der Waals surface area contributed by atoms with E-state index in [4.69, 9.17) is 4.98 Å². The molecule has 240 valence electrons. The highest BCUT2D eigenvalue weighted by Gasteiger charge is 2.24. The Labute approximate surface area is 267 Å². The molecule has 2 atom stereocenters. The van der Waals surface area contributed by atoms with E-state index in [0.29, 0.717) is 30.7 Å². The van der Waals surface area contributed by atoms with Crippen LogP contribution in [-0.2, 0) is 31.9 Å². The normalized spacial score (nSPS) is 12.7. The SMILES string of the molecule is CCCCCC(C(=O)N[C@@H](CO)c1ccccc1)c1ccc(Cn2c(Cc3ccc(F)cc3)nc3c2c(=O)n(C)c(=O)n3C)cc1. The van der Waals surface area contributed by atoms with Crippen molar-refractivity contribution in [3.05, 3.63) is 134 Å². The molecule has 0 fully saturated rings. The van der Waals surface area contributed by atoms with Crippen molar-refractivity contribution in [2.75, 3.05) is 6.61 Å². The molecule has 0 saturated carbocycles. The van der Waals surface area contributed by atoms with Gasteiger partial charge in [0.25, 0.3) is 5.56 Å². The van der Waals surface area contributed by atoms with E-state index < -0.39 is 23.2 Å². The number of fused-ring (bicyclic) bond motifs is 1. The van der Waals surface area contributed by atoms with E-state index in [1.165, 1.54) is 23.7 Å². The lowest BCUT2D eigenvalue weighted by molar-refractivity contribution is -0.123. The fraction of sp³-hybridized carbons (Fsp3) is 0.333. The molecule has 0 aliphatic heterocycles. The van der Waals surface area contributed by atoms with Crippen molar-refractivity contribution in [2.24, 2.45) is 14.1 Å². The van der Waals surface area contributed by atoms with E-state index in [2.05, 4.69) is 12.2 Å². The standard InChI is InChI=1S/C36H40FN5O4/c1-4-5-7-12-29(34(44)38-30(23-43)27-10-8-6-9-11-27)26-17-13-25(14-18-26)22-42-31(21-24-15-19-28(37)20-16-24)39-33-32(42)35(45)41(3)36(46)40(33)2/h6,8-11,13-20,29-30,43H,4-5,7,12,21-23H2,1-3H3,(H,38,44)/t29?,30-/m0/s1. The third kappa shape index (κ3) is 7.02. The predicted octanol–water partition coefficient (Wildman–Crippen LogP) is 4.73. The molecule has 0 aliphatic carbocycles. The van der Waals surface area contributed by atoms with Crippen LogP contribution in [-0.4, -0.2) is 36.3 Å². The van der Waals surface area contributed by atoms with E-state index >= 15 is 0 Å². The highest BCUT2D eigenvalue weighted by molar-refractivity contribution is 5.84. The molecular formula is C36H40FN5O4. The zero-order valence-electron chi connectivity index (χ0n) is 26.4. The molecule has 0 bridgehead atoms. The number of aryl methyl sites for hydroxylation is 1. The minimum Gasteiger partial charge on any atom is -0.394 e. The highest BCUT2D eigenvalue weighted by atomic mass is 19.1. The molecule has 0 radical (unpaired) electrons. The Bertz CT molecular complexity index is 1910. The van der Waals surface area contributed by atoms with Crippen LogP contribution in [0.3, 0.4) is 0 Å². The molecule has 1 unspecified atom stereocenters. The van der Waals surface area contributed by atoms with Crippen LogP contribution in [0.5, 0.6) is 0 Å². The van der Waals surface area contributed by atoms with Gasteiger partial charge in [-0.1, -0.05) is 92.9 Å². The van der Waals surface area contributed by atoms with E-state index in [1.54, 1.807) is 19.2 Å². The maximum absolute atomic E-state index is 13.6. The lowest BCUT2D eigenvalue weighted by Gasteiger charge is -2.22. The number of carbonyl (C=O) groups is 1. The fourth-order valence-electron chi connectivity index (χ4n) is 5.86. The molecule has 2 aromatic heterocycles. The summed E-state index contributed by atoms with van der Waals surface area (Å²) in [5, 5.41) is 13.1. The molecule has 0 spiro atoms. The number of benzene rings is 3. The first-order chi connectivity index (χ1) is 22.2. The van der Waals surface area contributed by atoms with E-state index in [9.17, 15) is 23.9 Å². The molecule has 0 saturated heterocycles. The Kier molecular flexibility index (Phi) is 10.3. The lowest BCUT2D eigenvalue weighted by Crippen LogP contribution is -2.37. The maximum atomic E-state index is 13.6. The van der Waals surface area contributed by atoms with Gasteiger partial charge in [0.2, 0.25) is 5.91 Å². The van der Waals surface area contributed by atoms with Crippen molar-refractivity contribution in [1.29, 1.82) is 0 Å². The number of aliphatic hydroxyl groups is 1. The number of rotatable bonds is 13. The van der Waals surface area contributed by atoms with Crippen molar-refractivity contribution in [1.82, 2.24) is 24.0 Å². The number of amides is 1. The number of imidazole rings is 1. The summed E-state index contributed by atoms with van der Waals surface area (Å²) in [4.78, 5) is 44.4. The highest BCUT2D eigenvalue weighted by Crippen LogP contribution is 2.26. The Morgan fingerprint density at radius 3 is 2.22 bits per heavy atom. The summed E-state index contributed by atoms with van der Waals surface area (Å²) in [5.41, 5.74) is 3.07. The van der Waals surface area contributed by atoms with Crippen LogP contribution in [0, 0.1) is 5.82 Å². The average molecular weight is 626 g/mol. The van der Waals surface area contributed by atoms with Crippen molar-refractivity contribution < 1.29 is 14.3 Å². The van der Waals surface area contributed by atoms with Gasteiger partial charge in [0.05, 0.1) is 18.6 Å². The fourth-order valence-corrected chi connectivity index (χ4v) is 5.86. The van der Waals surface area contributed by atoms with Gasteiger partial charge in [-0.25, -0.2) is 14.2 Å². The summed E-state index contributed by atoms with van der Waals surface area (Å²) in [7, 11) is 3.03. The average Bonchev–Trinajstić information content (AvgIpc) is 3.42. The van der Waals surface area contributed by atoms with Crippen molar-refractivity contribution in [3.8, 4) is 0 Å². The van der Waals surface area contributed by atoms with Crippen LogP contribution in [0.1, 0.15) is 72.6 Å². The monoisotopic (exact) mass is 625 g/mol. The number of nitrogens with one attached hydrogen (secondary N) is 1. The number of hydrogen-bond donors (Lipinski definition) is 2. The second-order valence-electron chi connectivity index (χ2n) is 11.7. The summed E-state index contributed by atoms with van der Waals surface area (Å²) in [6.07, 6.45) is 3.93. The number of hydrogen-bond acceptors (Lipinski definition) is 5. The Balaban J connectivity index is 1.47. The van der Waals surface area contributed by atoms with Gasteiger partial charge in [0, 0.05) is 27.1 Å². The molecular weight excluding hydrogens is 585 g/mol. The third-order valence-corrected chi connectivity index (χ3v) is 8.54. The number of nitrogens with zero attached hydrogens (tertiary/aromatic N) is 4. The van der Waals surface area contributed by atoms with E-state index in [-0.39, 0.29) is 24.0 Å². The van der Waals surface area contributed by atoms with Gasteiger partial charge in [-0.05, 0) is 40.8 Å². The van der Waals surface area contributed by atoms with Crippen LogP contribution in [0.2, 0.25) is 0 Å². The smallest absolute Gasteiger partial charge is 0.332 e. The molecule has 2 heterocycles. The minimum atomic E-state index is -0.505. The molecule has 2 N–H and O–H groups in total. The summed E-state index contributed by atoms with van der Waals surface area (Å²) in [5.74, 6) is -0.319. The van der Waals surface area contributed by atoms with Gasteiger partial charge in [0.1, 0.15) is 11.6 Å². The first-order valence-electron chi connectivity index (χ1n) is 15.7. The molecule has 5 aromatic rings. The third-order valence-electron chi connectivity index (χ3n) is 8.54. The molecule has 10 heteroatoms. The van der Waals surface area contributed by atoms with Gasteiger partial charge in [-0.3, -0.25) is 18.7 Å². The molecule has 3 aromatic carbocycles. The summed E-state index contributed by atoms with van der Waals surface area (Å²) >= 11 is 0. The first kappa shape index (κ1) is 32.6. The number of aliphatic hydroxyl groups excluding tert-OH is 1. The number of carbonyl (C=O) groups excluding carboxylic acids is 1. The van der Waals surface area contributed by atoms with E-state index in [0.717, 1.165) is 46.1 Å². The van der Waals surface area contributed by atoms with Gasteiger partial charge < -0.3 is 15.0 Å². The lowest BCUT2D eigenvalue weighted by atomic mass is 9.91. The topological polar surface area (TPSA) is 111 Å². The molecule has 0 aliphatic rings. The molecule has 46 heavy (non-hydrogen) atoms. The number of aromatic nitrogens is 4. The van der Waals surface area contributed by atoms with Crippen molar-refractivity contribution >= 4 is 17.1 Å². The molecule has 5 rings (SSSR count). The largest absolute Gasteiger partial charge is 0.394 e. The predicted molar refractivity (Wildman–Crippen MR) is 176 cm³/mol. The second-order valence-corrected chi connectivity index (χ2v) is 11.7. The van der Waals surface area contributed by atoms with Crippen LogP contribution in [0.4, 0.5) is 4.39 Å². The van der Waals surface area contributed by atoms with Gasteiger partial charge in [-0.15, -0.1) is 0 Å². The summed E-state index contributed by atoms with van der Waals surface area (Å²) < 4.78 is 17.8. The second kappa shape index (κ2) is 14.5. The van der Waals surface area contributed by atoms with Gasteiger partial charge in [-0.2, -0.15) is 0 Å². The Morgan fingerprint density at radius 2 is 1.57 bits per heavy atom. The van der Waals surface area contributed by atoms with Crippen molar-refractivity contribution in [2.45, 2.75) is 57.5 Å². The summed E-state index contributed by atoms with van der Waals surface area (Å²) in [6.45, 7) is 2.21. The van der Waals surface area contributed by atoms with Crippen LogP contribution < -0.4 is 16.6 Å². The van der Waals surface area contributed by atoms with Crippen molar-refractivity contribution in [3.63, 3.8) is 0 Å². The Morgan fingerprint density at radius 1 is 0.891 bits per heavy atom. The molecule has 9 nitrogen and oxygen atoms in total. The van der Waals surface area contributed by atoms with Crippen LogP contribution in [0.25, 0.3) is 11.2 Å². The first-order valence-corrected chi connectivity index (χ1v) is 15.7. The quantitative estimate of drug-likeness (QED) is 0.184. The van der Waals surface area contributed by atoms with E-state index in [1.807, 2.05) is 59.2 Å². The van der Waals surface area contributed by atoms with Gasteiger partial charge >= 0.3 is 5.69 Å². The number of unbranched alkanes of at least 4 members (excludes halogenated alkanes) is 2. The van der Waals surface area contributed by atoms with Gasteiger partial charge in [0.15, 0.2) is 11.2 Å². The zero-order valence-corrected chi connectivity index (χ0v) is 26.4. The zero-order chi connectivity index (χ0) is 32.8. The maximum Gasteiger partial charge on any atom is 0.332 e. The Hall–Kier alpha value is -4.83. The molecule has 1 amide bonds. The van der Waals surface area contributed by atoms with Crippen LogP contribution in [0.15, 0.2) is 88.5 Å². The van der Waals surface area contributed by atoms with Crippen LogP contribution >= 0.6 is 0 Å². The minimum absolute atomic E-state index is 0.140.